The number of ether oxygens (including phenoxy) is 1. The van der Waals surface area contributed by atoms with Crippen molar-refractivity contribution in [3.63, 3.8) is 0 Å². The number of nitrogens with zero attached hydrogens (tertiary/aromatic N) is 3. The van der Waals surface area contributed by atoms with Gasteiger partial charge in [-0.3, -0.25) is 4.79 Å². The van der Waals surface area contributed by atoms with Crippen LogP contribution in [0.15, 0.2) is 47.3 Å². The monoisotopic (exact) mass is 397 g/mol. The Hall–Kier alpha value is -2.97. The number of amides is 1. The number of thiophene rings is 1. The molecule has 1 aliphatic heterocycles. The molecule has 2 aromatic heterocycles. The first-order chi connectivity index (χ1) is 13.5. The molecule has 0 unspecified atom stereocenters. The van der Waals surface area contributed by atoms with Crippen LogP contribution in [-0.4, -0.2) is 51.4 Å². The summed E-state index contributed by atoms with van der Waals surface area (Å²) in [6.45, 7) is 3.29. The lowest BCUT2D eigenvalue weighted by Crippen LogP contribution is -2.42. The molecule has 4 rings (SSSR count). The van der Waals surface area contributed by atoms with Gasteiger partial charge in [0.05, 0.1) is 30.7 Å². The van der Waals surface area contributed by atoms with E-state index in [-0.39, 0.29) is 17.6 Å². The topological polar surface area (TPSA) is 84.7 Å². The number of carboxylic acid groups (broad SMARTS) is 1. The quantitative estimate of drug-likeness (QED) is 0.731. The predicted octanol–water partition coefficient (Wildman–Crippen LogP) is 3.15. The maximum absolute atomic E-state index is 12.9. The van der Waals surface area contributed by atoms with E-state index in [4.69, 9.17) is 9.84 Å². The van der Waals surface area contributed by atoms with Crippen molar-refractivity contribution >= 4 is 23.2 Å². The number of hydrogen-bond donors (Lipinski definition) is 1. The molecule has 1 fully saturated rings. The Morgan fingerprint density at radius 1 is 1.25 bits per heavy atom. The Kier molecular flexibility index (Phi) is 4.97. The normalized spacial score (nSPS) is 16.9. The largest absolute Gasteiger partial charge is 0.478 e. The summed E-state index contributed by atoms with van der Waals surface area (Å²) in [4.78, 5) is 25.9. The molecule has 1 amide bonds. The highest BCUT2D eigenvalue weighted by molar-refractivity contribution is 7.07. The highest BCUT2D eigenvalue weighted by Gasteiger charge is 2.26. The third-order valence-corrected chi connectivity index (χ3v) is 5.57. The molecule has 0 radical (unpaired) electrons. The van der Waals surface area contributed by atoms with Crippen LogP contribution < -0.4 is 0 Å². The van der Waals surface area contributed by atoms with Gasteiger partial charge in [-0.05, 0) is 53.6 Å². The first kappa shape index (κ1) is 18.4. The molecule has 3 aromatic rings. The molecule has 28 heavy (non-hydrogen) atoms. The van der Waals surface area contributed by atoms with Gasteiger partial charge in [0.15, 0.2) is 0 Å². The van der Waals surface area contributed by atoms with Crippen LogP contribution >= 0.6 is 11.3 Å². The van der Waals surface area contributed by atoms with E-state index in [1.165, 1.54) is 6.20 Å². The van der Waals surface area contributed by atoms with Crippen molar-refractivity contribution in [2.45, 2.75) is 13.0 Å². The van der Waals surface area contributed by atoms with Crippen LogP contribution in [0.2, 0.25) is 0 Å². The Balaban J connectivity index is 1.50. The fourth-order valence-corrected chi connectivity index (χ4v) is 4.00. The van der Waals surface area contributed by atoms with E-state index in [1.54, 1.807) is 47.2 Å². The van der Waals surface area contributed by atoms with E-state index in [1.807, 2.05) is 21.7 Å². The average molecular weight is 397 g/mol. The maximum Gasteiger partial charge on any atom is 0.339 e. The van der Waals surface area contributed by atoms with Crippen molar-refractivity contribution in [3.05, 3.63) is 69.7 Å². The summed E-state index contributed by atoms with van der Waals surface area (Å²) < 4.78 is 7.36. The molecule has 1 saturated heterocycles. The first-order valence-electron chi connectivity index (χ1n) is 8.86. The van der Waals surface area contributed by atoms with Gasteiger partial charge in [0, 0.05) is 12.1 Å². The van der Waals surface area contributed by atoms with Crippen LogP contribution in [0.25, 0.3) is 5.69 Å². The second-order valence-corrected chi connectivity index (χ2v) is 7.35. The summed E-state index contributed by atoms with van der Waals surface area (Å²) in [6.07, 6.45) is 1.24. The molecule has 0 bridgehead atoms. The van der Waals surface area contributed by atoms with Crippen LogP contribution in [0.1, 0.15) is 38.1 Å². The van der Waals surface area contributed by atoms with Crippen LogP contribution in [0.4, 0.5) is 0 Å². The van der Waals surface area contributed by atoms with Gasteiger partial charge in [0.25, 0.3) is 5.91 Å². The zero-order chi connectivity index (χ0) is 19.7. The minimum absolute atomic E-state index is 0.0431. The minimum Gasteiger partial charge on any atom is -0.478 e. The molecule has 0 spiro atoms. The molecule has 1 atom stereocenters. The van der Waals surface area contributed by atoms with E-state index in [2.05, 4.69) is 5.10 Å². The van der Waals surface area contributed by atoms with E-state index >= 15 is 0 Å². The number of rotatable bonds is 4. The Morgan fingerprint density at radius 2 is 2.04 bits per heavy atom. The highest BCUT2D eigenvalue weighted by atomic mass is 32.1. The van der Waals surface area contributed by atoms with E-state index in [0.29, 0.717) is 36.6 Å². The number of aromatic nitrogens is 2. The van der Waals surface area contributed by atoms with E-state index < -0.39 is 5.97 Å². The van der Waals surface area contributed by atoms with Gasteiger partial charge in [-0.25, -0.2) is 9.48 Å². The van der Waals surface area contributed by atoms with Gasteiger partial charge >= 0.3 is 5.97 Å². The predicted molar refractivity (Wildman–Crippen MR) is 104 cm³/mol. The fraction of sp³-hybridized carbons (Fsp3) is 0.250. The van der Waals surface area contributed by atoms with Gasteiger partial charge in [-0.15, -0.1) is 0 Å². The third kappa shape index (κ3) is 3.44. The number of carboxylic acids is 1. The van der Waals surface area contributed by atoms with Gasteiger partial charge in [0.1, 0.15) is 11.7 Å². The number of benzene rings is 1. The summed E-state index contributed by atoms with van der Waals surface area (Å²) in [7, 11) is 0. The summed E-state index contributed by atoms with van der Waals surface area (Å²) >= 11 is 1.61. The molecular formula is C20H19N3O4S. The molecule has 144 valence electrons. The second kappa shape index (κ2) is 7.57. The lowest BCUT2D eigenvalue weighted by Gasteiger charge is -2.32. The molecule has 1 N–H and O–H groups in total. The van der Waals surface area contributed by atoms with Crippen LogP contribution in [0.3, 0.4) is 0 Å². The summed E-state index contributed by atoms with van der Waals surface area (Å²) in [5, 5.41) is 17.4. The van der Waals surface area contributed by atoms with Crippen LogP contribution in [0, 0.1) is 6.92 Å². The van der Waals surface area contributed by atoms with Crippen LogP contribution in [0.5, 0.6) is 0 Å². The summed E-state index contributed by atoms with van der Waals surface area (Å²) in [5.41, 5.74) is 3.09. The third-order valence-electron chi connectivity index (χ3n) is 4.87. The van der Waals surface area contributed by atoms with Crippen molar-refractivity contribution in [2.24, 2.45) is 0 Å². The SMILES string of the molecule is Cc1c(C(=O)O)cnn1-c1ccc(C(=O)N2CCO[C@H](c3ccsc3)C2)cc1. The number of carbonyl (C=O) groups excluding carboxylic acids is 1. The van der Waals surface area contributed by atoms with Crippen molar-refractivity contribution in [1.29, 1.82) is 0 Å². The molecular weight excluding hydrogens is 378 g/mol. The standard InChI is InChI=1S/C20H19N3O4S/c1-13-17(20(25)26)10-21-23(13)16-4-2-14(3-5-16)19(24)22-7-8-27-18(11-22)15-6-9-28-12-15/h2-6,9-10,12,18H,7-8,11H2,1H3,(H,25,26)/t18-/m0/s1. The molecule has 0 aliphatic carbocycles. The van der Waals surface area contributed by atoms with Crippen molar-refractivity contribution in [1.82, 2.24) is 14.7 Å². The van der Waals surface area contributed by atoms with Crippen molar-refractivity contribution in [2.75, 3.05) is 19.7 Å². The Morgan fingerprint density at radius 3 is 2.68 bits per heavy atom. The lowest BCUT2D eigenvalue weighted by atomic mass is 10.1. The zero-order valence-corrected chi connectivity index (χ0v) is 16.1. The van der Waals surface area contributed by atoms with Crippen molar-refractivity contribution < 1.29 is 19.4 Å². The summed E-state index contributed by atoms with van der Waals surface area (Å²) in [5.74, 6) is -1.05. The number of aromatic carboxylic acids is 1. The molecule has 3 heterocycles. The molecule has 1 aromatic carbocycles. The minimum atomic E-state index is -1.01. The van der Waals surface area contributed by atoms with Gasteiger partial charge in [-0.2, -0.15) is 16.4 Å². The highest BCUT2D eigenvalue weighted by Crippen LogP contribution is 2.25. The lowest BCUT2D eigenvalue weighted by molar-refractivity contribution is -0.0226. The molecule has 8 heteroatoms. The number of morpholine rings is 1. The van der Waals surface area contributed by atoms with Gasteiger partial charge in [0.2, 0.25) is 0 Å². The fourth-order valence-electron chi connectivity index (χ4n) is 3.30. The number of hydrogen-bond acceptors (Lipinski definition) is 5. The number of carbonyl (C=O) groups is 2. The van der Waals surface area contributed by atoms with Gasteiger partial charge in [-0.1, -0.05) is 0 Å². The van der Waals surface area contributed by atoms with Crippen LogP contribution in [-0.2, 0) is 4.74 Å². The van der Waals surface area contributed by atoms with E-state index in [0.717, 1.165) is 5.56 Å². The van der Waals surface area contributed by atoms with Gasteiger partial charge < -0.3 is 14.7 Å². The molecule has 0 saturated carbocycles. The molecule has 1 aliphatic rings. The van der Waals surface area contributed by atoms with E-state index in [9.17, 15) is 9.59 Å². The smallest absolute Gasteiger partial charge is 0.339 e. The first-order valence-corrected chi connectivity index (χ1v) is 9.80. The Labute approximate surface area is 165 Å². The van der Waals surface area contributed by atoms with Crippen molar-refractivity contribution in [3.8, 4) is 5.69 Å². The summed E-state index contributed by atoms with van der Waals surface area (Å²) in [6, 6.07) is 9.06. The Bertz CT molecular complexity index is 995. The second-order valence-electron chi connectivity index (χ2n) is 6.57. The maximum atomic E-state index is 12.9. The molecule has 7 nitrogen and oxygen atoms in total. The average Bonchev–Trinajstić information content (AvgIpc) is 3.38. The zero-order valence-electron chi connectivity index (χ0n) is 15.2.